The van der Waals surface area contributed by atoms with Crippen LogP contribution in [0.3, 0.4) is 0 Å². The second kappa shape index (κ2) is 7.69. The van der Waals surface area contributed by atoms with Crippen molar-refractivity contribution in [2.24, 2.45) is 0 Å². The number of nitrogens with one attached hydrogen (secondary N) is 1. The molecule has 0 aliphatic heterocycles. The second-order valence-corrected chi connectivity index (χ2v) is 11.0. The summed E-state index contributed by atoms with van der Waals surface area (Å²) in [5.41, 5.74) is 13.0. The van der Waals surface area contributed by atoms with Crippen molar-refractivity contribution in [3.05, 3.63) is 132 Å². The van der Waals surface area contributed by atoms with Gasteiger partial charge in [-0.15, -0.1) is 0 Å². The maximum atomic E-state index is 3.71. The topological polar surface area (TPSA) is 15.8 Å². The van der Waals surface area contributed by atoms with Crippen molar-refractivity contribution >= 4 is 32.6 Å². The van der Waals surface area contributed by atoms with Gasteiger partial charge in [-0.2, -0.15) is 0 Å². The lowest BCUT2D eigenvalue weighted by molar-refractivity contribution is 0.660. The zero-order valence-corrected chi connectivity index (χ0v) is 21.5. The van der Waals surface area contributed by atoms with Crippen LogP contribution in [0.15, 0.2) is 121 Å². The van der Waals surface area contributed by atoms with Crippen molar-refractivity contribution < 1.29 is 0 Å². The van der Waals surface area contributed by atoms with Crippen LogP contribution in [0.1, 0.15) is 25.0 Å². The first kappa shape index (κ1) is 21.5. The zero-order chi connectivity index (χ0) is 25.4. The molecule has 6 aromatic carbocycles. The highest BCUT2D eigenvalue weighted by molar-refractivity contribution is 6.15. The molecule has 0 atom stereocenters. The number of hydrogen-bond donors (Lipinski definition) is 1. The molecule has 180 valence electrons. The number of para-hydroxylation sites is 2. The fourth-order valence-electron chi connectivity index (χ4n) is 6.86. The molecule has 1 aliphatic rings. The molecule has 1 heterocycles. The van der Waals surface area contributed by atoms with Gasteiger partial charge in [0.15, 0.2) is 0 Å². The highest BCUT2D eigenvalue weighted by atomic mass is 14.7. The number of hydrogen-bond acceptors (Lipinski definition) is 0. The fraction of sp³-hybridized carbons (Fsp3) is 0.0811. The van der Waals surface area contributed by atoms with E-state index in [-0.39, 0.29) is 5.41 Å². The van der Waals surface area contributed by atoms with Crippen LogP contribution in [0.25, 0.3) is 66.0 Å². The molecular weight excluding hydrogens is 458 g/mol. The summed E-state index contributed by atoms with van der Waals surface area (Å²) in [5.74, 6) is 0. The Balaban J connectivity index is 1.41. The van der Waals surface area contributed by atoms with Crippen molar-refractivity contribution in [3.63, 3.8) is 0 Å². The molecule has 1 nitrogen and oxygen atoms in total. The number of aromatic amines is 1. The summed E-state index contributed by atoms with van der Waals surface area (Å²) >= 11 is 0. The molecule has 0 radical (unpaired) electrons. The minimum absolute atomic E-state index is 0.0110. The summed E-state index contributed by atoms with van der Waals surface area (Å²) in [7, 11) is 0. The molecule has 1 N–H and O–H groups in total. The molecule has 0 amide bonds. The lowest BCUT2D eigenvalue weighted by Gasteiger charge is -2.21. The summed E-state index contributed by atoms with van der Waals surface area (Å²) in [4.78, 5) is 3.71. The summed E-state index contributed by atoms with van der Waals surface area (Å²) in [6.07, 6.45) is 0. The van der Waals surface area contributed by atoms with Gasteiger partial charge in [-0.3, -0.25) is 0 Å². The Morgan fingerprint density at radius 1 is 0.421 bits per heavy atom. The van der Waals surface area contributed by atoms with Crippen molar-refractivity contribution in [1.82, 2.24) is 4.98 Å². The van der Waals surface area contributed by atoms with E-state index < -0.39 is 0 Å². The molecule has 38 heavy (non-hydrogen) atoms. The standard InChI is InChI=1S/C37H27N/c1-37(2)32-20-5-3-12-31(32)35-28(17-10-21-33(35)37)25-15-7-14-24-23(25)13-8-16-26(24)29-18-9-19-30-27-11-4-6-22-34(27)38-36(29)30/h3-22,38H,1-2H3. The monoisotopic (exact) mass is 485 g/mol. The van der Waals surface area contributed by atoms with Crippen LogP contribution in [0.2, 0.25) is 0 Å². The first-order valence-electron chi connectivity index (χ1n) is 13.4. The van der Waals surface area contributed by atoms with Crippen LogP contribution < -0.4 is 0 Å². The lowest BCUT2D eigenvalue weighted by Crippen LogP contribution is -2.14. The van der Waals surface area contributed by atoms with Crippen molar-refractivity contribution in [2.75, 3.05) is 0 Å². The third-order valence-electron chi connectivity index (χ3n) is 8.65. The molecule has 8 rings (SSSR count). The SMILES string of the molecule is CC1(C)c2ccccc2-c2c(-c3cccc4c(-c5cccc6c5[nH]c5ccccc56)cccc34)cccc21. The van der Waals surface area contributed by atoms with E-state index in [1.165, 1.54) is 77.1 Å². The predicted molar refractivity (Wildman–Crippen MR) is 162 cm³/mol. The molecule has 0 bridgehead atoms. The van der Waals surface area contributed by atoms with E-state index in [4.69, 9.17) is 0 Å². The molecule has 0 unspecified atom stereocenters. The third-order valence-corrected chi connectivity index (χ3v) is 8.65. The van der Waals surface area contributed by atoms with Crippen LogP contribution in [0, 0.1) is 0 Å². The number of fused-ring (bicyclic) bond motifs is 7. The number of rotatable bonds is 2. The average molecular weight is 486 g/mol. The highest BCUT2D eigenvalue weighted by Crippen LogP contribution is 2.52. The van der Waals surface area contributed by atoms with E-state index in [2.05, 4.69) is 140 Å². The predicted octanol–water partition coefficient (Wildman–Crippen LogP) is 10.1. The Labute approximate surface area is 222 Å². The summed E-state index contributed by atoms with van der Waals surface area (Å²) in [6.45, 7) is 4.70. The van der Waals surface area contributed by atoms with E-state index in [0.29, 0.717) is 0 Å². The molecule has 7 aromatic rings. The molecule has 0 saturated carbocycles. The van der Waals surface area contributed by atoms with Crippen molar-refractivity contribution in [1.29, 1.82) is 0 Å². The van der Waals surface area contributed by atoms with E-state index in [9.17, 15) is 0 Å². The van der Waals surface area contributed by atoms with Crippen LogP contribution in [-0.2, 0) is 5.41 Å². The Bertz CT molecular complexity index is 2050. The normalized spacial score (nSPS) is 13.7. The fourth-order valence-corrected chi connectivity index (χ4v) is 6.86. The number of aromatic nitrogens is 1. The van der Waals surface area contributed by atoms with Gasteiger partial charge in [-0.05, 0) is 55.8 Å². The lowest BCUT2D eigenvalue weighted by atomic mass is 9.81. The Kier molecular flexibility index (Phi) is 4.35. The Hall–Kier alpha value is -4.62. The van der Waals surface area contributed by atoms with Gasteiger partial charge in [0.25, 0.3) is 0 Å². The minimum Gasteiger partial charge on any atom is -0.354 e. The quantitative estimate of drug-likeness (QED) is 0.251. The van der Waals surface area contributed by atoms with Crippen LogP contribution in [-0.4, -0.2) is 4.98 Å². The second-order valence-electron chi connectivity index (χ2n) is 11.0. The van der Waals surface area contributed by atoms with E-state index >= 15 is 0 Å². The van der Waals surface area contributed by atoms with Crippen molar-refractivity contribution in [3.8, 4) is 33.4 Å². The minimum atomic E-state index is -0.0110. The summed E-state index contributed by atoms with van der Waals surface area (Å²) in [6, 6.07) is 44.5. The summed E-state index contributed by atoms with van der Waals surface area (Å²) in [5, 5.41) is 5.10. The highest BCUT2D eigenvalue weighted by Gasteiger charge is 2.36. The first-order valence-corrected chi connectivity index (χ1v) is 13.4. The third kappa shape index (κ3) is 2.82. The van der Waals surface area contributed by atoms with Gasteiger partial charge in [0.1, 0.15) is 0 Å². The number of H-pyrrole nitrogens is 1. The average Bonchev–Trinajstić information content (AvgIpc) is 3.45. The molecule has 0 spiro atoms. The maximum absolute atomic E-state index is 3.71. The Morgan fingerprint density at radius 2 is 0.947 bits per heavy atom. The largest absolute Gasteiger partial charge is 0.354 e. The van der Waals surface area contributed by atoms with Gasteiger partial charge >= 0.3 is 0 Å². The van der Waals surface area contributed by atoms with Gasteiger partial charge in [0.05, 0.1) is 5.52 Å². The smallest absolute Gasteiger partial charge is 0.0544 e. The van der Waals surface area contributed by atoms with Gasteiger partial charge < -0.3 is 4.98 Å². The van der Waals surface area contributed by atoms with E-state index in [0.717, 1.165) is 0 Å². The molecule has 1 heteroatoms. The Morgan fingerprint density at radius 3 is 1.76 bits per heavy atom. The maximum Gasteiger partial charge on any atom is 0.0544 e. The zero-order valence-electron chi connectivity index (χ0n) is 21.5. The van der Waals surface area contributed by atoms with E-state index in [1.54, 1.807) is 0 Å². The molecular formula is C37H27N. The first-order chi connectivity index (χ1) is 18.6. The van der Waals surface area contributed by atoms with Gasteiger partial charge in [0, 0.05) is 27.3 Å². The molecule has 1 aromatic heterocycles. The molecule has 1 aliphatic carbocycles. The van der Waals surface area contributed by atoms with Gasteiger partial charge in [0.2, 0.25) is 0 Å². The summed E-state index contributed by atoms with van der Waals surface area (Å²) < 4.78 is 0. The van der Waals surface area contributed by atoms with Crippen LogP contribution >= 0.6 is 0 Å². The van der Waals surface area contributed by atoms with Crippen LogP contribution in [0.4, 0.5) is 0 Å². The van der Waals surface area contributed by atoms with Crippen molar-refractivity contribution in [2.45, 2.75) is 19.3 Å². The molecule has 0 saturated heterocycles. The van der Waals surface area contributed by atoms with Crippen LogP contribution in [0.5, 0.6) is 0 Å². The molecule has 0 fully saturated rings. The van der Waals surface area contributed by atoms with E-state index in [1.807, 2.05) is 0 Å². The van der Waals surface area contributed by atoms with Gasteiger partial charge in [-0.25, -0.2) is 0 Å². The number of benzene rings is 6. The van der Waals surface area contributed by atoms with Gasteiger partial charge in [-0.1, -0.05) is 129 Å².